The second-order valence-corrected chi connectivity index (χ2v) is 5.31. The molecule has 24 heavy (non-hydrogen) atoms. The summed E-state index contributed by atoms with van der Waals surface area (Å²) in [4.78, 5) is 15.7. The first-order valence-corrected chi connectivity index (χ1v) is 7.81. The number of nitrogens with zero attached hydrogens (tertiary/aromatic N) is 2. The van der Waals surface area contributed by atoms with Crippen LogP contribution in [-0.4, -0.2) is 27.2 Å². The highest BCUT2D eigenvalue weighted by atomic mass is 16.5. The van der Waals surface area contributed by atoms with Crippen molar-refractivity contribution in [3.63, 3.8) is 0 Å². The molecular formula is C19H18N2O3. The molecule has 0 fully saturated rings. The summed E-state index contributed by atoms with van der Waals surface area (Å²) in [5, 5.41) is 9.32. The van der Waals surface area contributed by atoms with Crippen molar-refractivity contribution < 1.29 is 14.6 Å². The summed E-state index contributed by atoms with van der Waals surface area (Å²) in [5.41, 5.74) is 1.61. The largest absolute Gasteiger partial charge is 0.491 e. The van der Waals surface area contributed by atoms with Crippen LogP contribution in [-0.2, 0) is 0 Å². The first-order chi connectivity index (χ1) is 11.7. The molecule has 1 aromatic heterocycles. The lowest BCUT2D eigenvalue weighted by atomic mass is 10.2. The number of aromatic nitrogens is 2. The molecule has 0 saturated heterocycles. The maximum absolute atomic E-state index is 11.4. The van der Waals surface area contributed by atoms with E-state index < -0.39 is 5.97 Å². The lowest BCUT2D eigenvalue weighted by molar-refractivity contribution is 0.0691. The summed E-state index contributed by atoms with van der Waals surface area (Å²) in [6.07, 6.45) is 2.42. The second kappa shape index (κ2) is 7.00. The first-order valence-electron chi connectivity index (χ1n) is 7.81. The minimum atomic E-state index is -1.06. The van der Waals surface area contributed by atoms with E-state index in [1.54, 1.807) is 4.57 Å². The Kier molecular flexibility index (Phi) is 4.61. The Morgan fingerprint density at radius 3 is 2.54 bits per heavy atom. The molecule has 0 aliphatic heterocycles. The van der Waals surface area contributed by atoms with Crippen molar-refractivity contribution in [2.24, 2.45) is 0 Å². The molecule has 0 aliphatic rings. The molecule has 0 unspecified atom stereocenters. The van der Waals surface area contributed by atoms with Crippen molar-refractivity contribution in [2.45, 2.75) is 13.3 Å². The summed E-state index contributed by atoms with van der Waals surface area (Å²) in [5.74, 6) is 0.212. The van der Waals surface area contributed by atoms with Crippen molar-refractivity contribution in [1.29, 1.82) is 0 Å². The number of ether oxygens (including phenoxy) is 1. The van der Waals surface area contributed by atoms with Gasteiger partial charge < -0.3 is 9.84 Å². The molecule has 0 radical (unpaired) electrons. The first kappa shape index (κ1) is 15.8. The van der Waals surface area contributed by atoms with E-state index >= 15 is 0 Å². The number of benzene rings is 2. The summed E-state index contributed by atoms with van der Waals surface area (Å²) >= 11 is 0. The van der Waals surface area contributed by atoms with Gasteiger partial charge in [-0.25, -0.2) is 9.78 Å². The fourth-order valence-corrected chi connectivity index (χ4v) is 2.45. The normalized spacial score (nSPS) is 10.5. The molecule has 2 aromatic carbocycles. The van der Waals surface area contributed by atoms with Crippen LogP contribution in [0.2, 0.25) is 0 Å². The summed E-state index contributed by atoms with van der Waals surface area (Å²) in [6.45, 7) is 2.63. The van der Waals surface area contributed by atoms with Crippen LogP contribution in [0.1, 0.15) is 23.8 Å². The van der Waals surface area contributed by atoms with Gasteiger partial charge in [-0.15, -0.1) is 0 Å². The molecule has 0 saturated carbocycles. The Morgan fingerprint density at radius 1 is 1.12 bits per heavy atom. The third kappa shape index (κ3) is 3.15. The van der Waals surface area contributed by atoms with Gasteiger partial charge in [-0.3, -0.25) is 4.57 Å². The van der Waals surface area contributed by atoms with Crippen LogP contribution in [0, 0.1) is 0 Å². The zero-order valence-corrected chi connectivity index (χ0v) is 13.3. The molecule has 0 aliphatic carbocycles. The molecule has 5 nitrogen and oxygen atoms in total. The number of carboxylic acid groups (broad SMARTS) is 1. The van der Waals surface area contributed by atoms with Gasteiger partial charge in [0.1, 0.15) is 11.6 Å². The van der Waals surface area contributed by atoms with Crippen molar-refractivity contribution in [3.8, 4) is 22.8 Å². The van der Waals surface area contributed by atoms with Gasteiger partial charge in [0.05, 0.1) is 12.3 Å². The maximum Gasteiger partial charge on any atom is 0.356 e. The number of imidazole rings is 1. The lowest BCUT2D eigenvalue weighted by Crippen LogP contribution is -2.02. The van der Waals surface area contributed by atoms with Crippen molar-refractivity contribution in [1.82, 2.24) is 9.55 Å². The Bertz CT molecular complexity index is 841. The van der Waals surface area contributed by atoms with E-state index in [2.05, 4.69) is 4.98 Å². The van der Waals surface area contributed by atoms with Crippen LogP contribution in [0.25, 0.3) is 17.1 Å². The van der Waals surface area contributed by atoms with Gasteiger partial charge in [-0.1, -0.05) is 49.4 Å². The molecule has 1 N–H and O–H groups in total. The number of para-hydroxylation sites is 2. The quantitative estimate of drug-likeness (QED) is 0.744. The van der Waals surface area contributed by atoms with Crippen LogP contribution in [0.4, 0.5) is 0 Å². The molecule has 122 valence electrons. The summed E-state index contributed by atoms with van der Waals surface area (Å²) in [7, 11) is 0. The smallest absolute Gasteiger partial charge is 0.356 e. The van der Waals surface area contributed by atoms with Gasteiger partial charge in [-0.05, 0) is 18.6 Å². The van der Waals surface area contributed by atoms with Crippen LogP contribution >= 0.6 is 0 Å². The fourth-order valence-electron chi connectivity index (χ4n) is 2.45. The molecular weight excluding hydrogens is 304 g/mol. The third-order valence-corrected chi connectivity index (χ3v) is 3.54. The van der Waals surface area contributed by atoms with Gasteiger partial charge in [0.25, 0.3) is 0 Å². The van der Waals surface area contributed by atoms with E-state index in [0.717, 1.165) is 17.7 Å². The Hall–Kier alpha value is -3.08. The van der Waals surface area contributed by atoms with Gasteiger partial charge in [0, 0.05) is 11.8 Å². The highest BCUT2D eigenvalue weighted by molar-refractivity contribution is 5.86. The van der Waals surface area contributed by atoms with Crippen LogP contribution in [0.15, 0.2) is 60.8 Å². The monoisotopic (exact) mass is 322 g/mol. The zero-order chi connectivity index (χ0) is 16.9. The Morgan fingerprint density at radius 2 is 1.83 bits per heavy atom. The SMILES string of the molecule is CCCOc1ccccc1-n1cc(C(=O)O)nc1-c1ccccc1. The minimum Gasteiger partial charge on any atom is -0.491 e. The maximum atomic E-state index is 11.4. The average molecular weight is 322 g/mol. The van der Waals surface area contributed by atoms with E-state index in [9.17, 15) is 9.90 Å². The Balaban J connectivity index is 2.16. The number of hydrogen-bond acceptors (Lipinski definition) is 3. The molecule has 3 aromatic rings. The number of carbonyl (C=O) groups is 1. The van der Waals surface area contributed by atoms with Crippen LogP contribution in [0.5, 0.6) is 5.75 Å². The van der Waals surface area contributed by atoms with Crippen LogP contribution in [0.3, 0.4) is 0 Å². The molecule has 5 heteroatoms. The van der Waals surface area contributed by atoms with E-state index in [1.807, 2.05) is 61.5 Å². The molecule has 0 atom stereocenters. The number of carboxylic acids is 1. The topological polar surface area (TPSA) is 64.3 Å². The van der Waals surface area contributed by atoms with Crippen LogP contribution < -0.4 is 4.74 Å². The van der Waals surface area contributed by atoms with Gasteiger partial charge in [0.15, 0.2) is 5.69 Å². The minimum absolute atomic E-state index is 0.000789. The fraction of sp³-hybridized carbons (Fsp3) is 0.158. The third-order valence-electron chi connectivity index (χ3n) is 3.54. The highest BCUT2D eigenvalue weighted by Gasteiger charge is 2.17. The van der Waals surface area contributed by atoms with E-state index in [-0.39, 0.29) is 5.69 Å². The molecule has 3 rings (SSSR count). The van der Waals surface area contributed by atoms with Crippen molar-refractivity contribution in [3.05, 3.63) is 66.5 Å². The lowest BCUT2D eigenvalue weighted by Gasteiger charge is -2.13. The Labute approximate surface area is 140 Å². The average Bonchev–Trinajstić information content (AvgIpc) is 3.06. The van der Waals surface area contributed by atoms with E-state index in [0.29, 0.717) is 18.2 Å². The number of rotatable bonds is 6. The predicted molar refractivity (Wildman–Crippen MR) is 91.7 cm³/mol. The molecule has 0 amide bonds. The highest BCUT2D eigenvalue weighted by Crippen LogP contribution is 2.29. The molecule has 0 spiro atoms. The van der Waals surface area contributed by atoms with Gasteiger partial charge in [0.2, 0.25) is 0 Å². The zero-order valence-electron chi connectivity index (χ0n) is 13.3. The van der Waals surface area contributed by atoms with Crippen molar-refractivity contribution in [2.75, 3.05) is 6.61 Å². The number of hydrogen-bond donors (Lipinski definition) is 1. The standard InChI is InChI=1S/C19H18N2O3/c1-2-12-24-17-11-7-6-10-16(17)21-13-15(19(22)23)20-18(21)14-8-4-3-5-9-14/h3-11,13H,2,12H2,1H3,(H,22,23). The predicted octanol–water partition coefficient (Wildman–Crippen LogP) is 4.03. The summed E-state index contributed by atoms with van der Waals surface area (Å²) < 4.78 is 7.57. The molecule has 0 bridgehead atoms. The summed E-state index contributed by atoms with van der Waals surface area (Å²) in [6, 6.07) is 17.1. The van der Waals surface area contributed by atoms with E-state index in [4.69, 9.17) is 4.74 Å². The molecule has 1 heterocycles. The van der Waals surface area contributed by atoms with Gasteiger partial charge in [-0.2, -0.15) is 0 Å². The van der Waals surface area contributed by atoms with Gasteiger partial charge >= 0.3 is 5.97 Å². The van der Waals surface area contributed by atoms with Crippen molar-refractivity contribution >= 4 is 5.97 Å². The second-order valence-electron chi connectivity index (χ2n) is 5.31. The van der Waals surface area contributed by atoms with E-state index in [1.165, 1.54) is 6.20 Å². The number of aromatic carboxylic acids is 1.